The van der Waals surface area contributed by atoms with Gasteiger partial charge >= 0.3 is 0 Å². The smallest absolute Gasteiger partial charge is 0.260 e. The average Bonchev–Trinajstić information content (AvgIpc) is 3.32. The molecule has 3 aromatic rings. The first-order chi connectivity index (χ1) is 16.1. The second-order valence-electron chi connectivity index (χ2n) is 8.84. The topological polar surface area (TPSA) is 89.8 Å². The number of nitrogens with one attached hydrogen (secondary N) is 1. The Balaban J connectivity index is 1.30. The van der Waals surface area contributed by atoms with Crippen molar-refractivity contribution in [2.75, 3.05) is 12.1 Å². The summed E-state index contributed by atoms with van der Waals surface area (Å²) in [6.07, 6.45) is 6.93. The molecular formula is C26H28N2O5. The Labute approximate surface area is 191 Å². The standard InChI is InChI=1S/C26H28N2O5/c29-24(12-10-17-9-11-22-23(15-17)33-16-32-22)27-21-8-4-7-20-19(21)13-14-28(26(20)31)25(30)18-5-2-1-3-6-18/h4,7-9,11,13-15,18,25,30H,1-3,5-6,10,12,16H2,(H,27,29). The minimum atomic E-state index is -0.817. The zero-order chi connectivity index (χ0) is 22.8. The highest BCUT2D eigenvalue weighted by Gasteiger charge is 2.24. The third-order valence-corrected chi connectivity index (χ3v) is 6.68. The molecule has 7 nitrogen and oxygen atoms in total. The number of fused-ring (bicyclic) bond motifs is 2. The van der Waals surface area contributed by atoms with Gasteiger partial charge in [-0.05, 0) is 55.2 Å². The van der Waals surface area contributed by atoms with E-state index < -0.39 is 6.23 Å². The second-order valence-corrected chi connectivity index (χ2v) is 8.84. The van der Waals surface area contributed by atoms with Gasteiger partial charge in [-0.3, -0.25) is 14.2 Å². The molecular weight excluding hydrogens is 420 g/mol. The van der Waals surface area contributed by atoms with Crippen molar-refractivity contribution in [2.45, 2.75) is 51.2 Å². The van der Waals surface area contributed by atoms with Gasteiger partial charge in [-0.15, -0.1) is 0 Å². The largest absolute Gasteiger partial charge is 0.454 e. The van der Waals surface area contributed by atoms with E-state index in [1.165, 1.54) is 11.0 Å². The number of hydrogen-bond donors (Lipinski definition) is 2. The molecule has 172 valence electrons. The van der Waals surface area contributed by atoms with Crippen LogP contribution in [0.1, 0.15) is 50.3 Å². The third-order valence-electron chi connectivity index (χ3n) is 6.68. The van der Waals surface area contributed by atoms with Gasteiger partial charge in [0.2, 0.25) is 12.7 Å². The lowest BCUT2D eigenvalue weighted by atomic mass is 9.88. The summed E-state index contributed by atoms with van der Waals surface area (Å²) in [7, 11) is 0. The van der Waals surface area contributed by atoms with E-state index in [1.807, 2.05) is 18.2 Å². The van der Waals surface area contributed by atoms with Crippen molar-refractivity contribution in [2.24, 2.45) is 5.92 Å². The van der Waals surface area contributed by atoms with Crippen LogP contribution >= 0.6 is 0 Å². The van der Waals surface area contributed by atoms with Gasteiger partial charge in [-0.2, -0.15) is 0 Å². The Morgan fingerprint density at radius 3 is 2.73 bits per heavy atom. The molecule has 1 aromatic heterocycles. The lowest BCUT2D eigenvalue weighted by Gasteiger charge is -2.28. The molecule has 7 heteroatoms. The molecule has 0 bridgehead atoms. The normalized spacial score (nSPS) is 16.6. The van der Waals surface area contributed by atoms with Crippen LogP contribution in [-0.4, -0.2) is 22.4 Å². The van der Waals surface area contributed by atoms with E-state index in [9.17, 15) is 14.7 Å². The number of aryl methyl sites for hydroxylation is 1. The highest BCUT2D eigenvalue weighted by atomic mass is 16.7. The van der Waals surface area contributed by atoms with E-state index in [2.05, 4.69) is 5.32 Å². The predicted octanol–water partition coefficient (Wildman–Crippen LogP) is 4.37. The maximum atomic E-state index is 13.1. The van der Waals surface area contributed by atoms with Gasteiger partial charge in [-0.1, -0.05) is 31.4 Å². The molecule has 2 heterocycles. The van der Waals surface area contributed by atoms with E-state index in [4.69, 9.17) is 9.47 Å². The van der Waals surface area contributed by atoms with Crippen LogP contribution in [0.2, 0.25) is 0 Å². The molecule has 1 aliphatic carbocycles. The molecule has 1 unspecified atom stereocenters. The Morgan fingerprint density at radius 2 is 1.88 bits per heavy atom. The fourth-order valence-electron chi connectivity index (χ4n) is 4.84. The molecule has 0 spiro atoms. The first-order valence-corrected chi connectivity index (χ1v) is 11.6. The molecule has 0 radical (unpaired) electrons. The van der Waals surface area contributed by atoms with Crippen LogP contribution in [-0.2, 0) is 11.2 Å². The quantitative estimate of drug-likeness (QED) is 0.584. The van der Waals surface area contributed by atoms with Crippen LogP contribution < -0.4 is 20.3 Å². The van der Waals surface area contributed by atoms with E-state index in [0.717, 1.165) is 37.0 Å². The zero-order valence-electron chi connectivity index (χ0n) is 18.5. The van der Waals surface area contributed by atoms with Gasteiger partial charge in [0.1, 0.15) is 6.23 Å². The van der Waals surface area contributed by atoms with Crippen LogP contribution in [0.3, 0.4) is 0 Å². The van der Waals surface area contributed by atoms with Crippen molar-refractivity contribution in [3.8, 4) is 11.5 Å². The van der Waals surface area contributed by atoms with Crippen LogP contribution in [0, 0.1) is 5.92 Å². The lowest BCUT2D eigenvalue weighted by molar-refractivity contribution is -0.116. The van der Waals surface area contributed by atoms with Gasteiger partial charge in [0, 0.05) is 35.0 Å². The third kappa shape index (κ3) is 4.46. The number of amides is 1. The Morgan fingerprint density at radius 1 is 1.06 bits per heavy atom. The molecule has 0 saturated heterocycles. The van der Waals surface area contributed by atoms with Crippen molar-refractivity contribution in [3.63, 3.8) is 0 Å². The highest BCUT2D eigenvalue weighted by molar-refractivity contribution is 6.01. The number of rotatable bonds is 6. The van der Waals surface area contributed by atoms with E-state index in [1.54, 1.807) is 30.5 Å². The molecule has 1 atom stereocenters. The number of benzene rings is 2. The molecule has 2 aromatic carbocycles. The summed E-state index contributed by atoms with van der Waals surface area (Å²) < 4.78 is 12.1. The number of aliphatic hydroxyl groups is 1. The van der Waals surface area contributed by atoms with Crippen molar-refractivity contribution in [1.82, 2.24) is 4.57 Å². The number of ether oxygens (including phenoxy) is 2. The molecule has 2 N–H and O–H groups in total. The molecule has 1 fully saturated rings. The molecule has 5 rings (SSSR count). The minimum absolute atomic E-state index is 0.105. The zero-order valence-corrected chi connectivity index (χ0v) is 18.5. The fourth-order valence-corrected chi connectivity index (χ4v) is 4.84. The van der Waals surface area contributed by atoms with Crippen LogP contribution in [0.5, 0.6) is 11.5 Å². The van der Waals surface area contributed by atoms with Gasteiger partial charge in [0.25, 0.3) is 5.56 Å². The van der Waals surface area contributed by atoms with Crippen molar-refractivity contribution < 1.29 is 19.4 Å². The number of aromatic nitrogens is 1. The Bertz CT molecular complexity index is 1230. The molecule has 1 aliphatic heterocycles. The van der Waals surface area contributed by atoms with Crippen molar-refractivity contribution in [1.29, 1.82) is 0 Å². The minimum Gasteiger partial charge on any atom is -0.454 e. The molecule has 33 heavy (non-hydrogen) atoms. The first kappa shape index (κ1) is 21.5. The maximum Gasteiger partial charge on any atom is 0.260 e. The first-order valence-electron chi connectivity index (χ1n) is 11.6. The Kier molecular flexibility index (Phi) is 6.05. The van der Waals surface area contributed by atoms with Crippen molar-refractivity contribution in [3.05, 3.63) is 64.6 Å². The van der Waals surface area contributed by atoms with Gasteiger partial charge in [0.05, 0.1) is 0 Å². The summed E-state index contributed by atoms with van der Waals surface area (Å²) in [4.78, 5) is 25.8. The average molecular weight is 449 g/mol. The molecule has 2 aliphatic rings. The maximum absolute atomic E-state index is 13.1. The van der Waals surface area contributed by atoms with E-state index in [0.29, 0.717) is 35.1 Å². The number of anilines is 1. The summed E-state index contributed by atoms with van der Waals surface area (Å²) in [5, 5.41) is 14.9. The number of carbonyl (C=O) groups is 1. The summed E-state index contributed by atoms with van der Waals surface area (Å²) in [6.45, 7) is 0.222. The van der Waals surface area contributed by atoms with Crippen LogP contribution in [0.4, 0.5) is 5.69 Å². The monoisotopic (exact) mass is 448 g/mol. The summed E-state index contributed by atoms with van der Waals surface area (Å²) in [5.74, 6) is 1.39. The van der Waals surface area contributed by atoms with Gasteiger partial charge < -0.3 is 19.9 Å². The number of aliphatic hydroxyl groups excluding tert-OH is 1. The van der Waals surface area contributed by atoms with Gasteiger partial charge in [-0.25, -0.2) is 0 Å². The van der Waals surface area contributed by atoms with E-state index in [-0.39, 0.29) is 24.2 Å². The fraction of sp³-hybridized carbons (Fsp3) is 0.385. The number of nitrogens with zero attached hydrogens (tertiary/aromatic N) is 1. The Hall–Kier alpha value is -3.32. The molecule has 1 amide bonds. The second kappa shape index (κ2) is 9.27. The van der Waals surface area contributed by atoms with Gasteiger partial charge in [0.15, 0.2) is 11.5 Å². The van der Waals surface area contributed by atoms with Crippen LogP contribution in [0.15, 0.2) is 53.5 Å². The summed E-state index contributed by atoms with van der Waals surface area (Å²) in [5.41, 5.74) is 1.36. The van der Waals surface area contributed by atoms with E-state index >= 15 is 0 Å². The predicted molar refractivity (Wildman–Crippen MR) is 126 cm³/mol. The highest BCUT2D eigenvalue weighted by Crippen LogP contribution is 2.33. The summed E-state index contributed by atoms with van der Waals surface area (Å²) in [6, 6.07) is 12.8. The van der Waals surface area contributed by atoms with Crippen LogP contribution in [0.25, 0.3) is 10.8 Å². The summed E-state index contributed by atoms with van der Waals surface area (Å²) >= 11 is 0. The lowest BCUT2D eigenvalue weighted by Crippen LogP contribution is -2.30. The number of pyridine rings is 1. The number of hydrogen-bond acceptors (Lipinski definition) is 5. The SMILES string of the molecule is O=C(CCc1ccc2c(c1)OCO2)Nc1cccc2c(=O)n(C(O)C3CCCCC3)ccc12. The van der Waals surface area contributed by atoms with Crippen molar-refractivity contribution >= 4 is 22.4 Å². The number of carbonyl (C=O) groups excluding carboxylic acids is 1. The molecule has 1 saturated carbocycles.